The first kappa shape index (κ1) is 25.0. The van der Waals surface area contributed by atoms with Crippen LogP contribution in [0.1, 0.15) is 12.8 Å². The Bertz CT molecular complexity index is 362. The molecule has 0 amide bonds. The van der Waals surface area contributed by atoms with Crippen molar-refractivity contribution < 1.29 is 38.0 Å². The van der Waals surface area contributed by atoms with Gasteiger partial charge in [-0.1, -0.05) is 12.1 Å². The van der Waals surface area contributed by atoms with Gasteiger partial charge in [-0.15, -0.1) is 0 Å². The number of carbonyl (C=O) groups is 2. The Kier molecular flexibility index (Phi) is 16.7. The Morgan fingerprint density at radius 2 is 1.08 bits per heavy atom. The van der Waals surface area contributed by atoms with Crippen molar-refractivity contribution in [2.45, 2.75) is 36.8 Å². The second kappa shape index (κ2) is 17.4. The highest BCUT2D eigenvalue weighted by Gasteiger charge is 2.07. The van der Waals surface area contributed by atoms with Crippen molar-refractivity contribution >= 4 is 31.0 Å². The van der Waals surface area contributed by atoms with Gasteiger partial charge in [-0.3, -0.25) is 0 Å². The summed E-state index contributed by atoms with van der Waals surface area (Å²) in [5, 5.41) is 0. The molecule has 0 saturated heterocycles. The van der Waals surface area contributed by atoms with Crippen LogP contribution < -0.4 is 0 Å². The van der Waals surface area contributed by atoms with E-state index in [0.717, 1.165) is 37.1 Å². The van der Waals surface area contributed by atoms with E-state index < -0.39 is 31.0 Å². The fourth-order valence-corrected chi connectivity index (χ4v) is 4.66. The molecule has 0 aromatic rings. The second-order valence-corrected chi connectivity index (χ2v) is 9.36. The topological polar surface area (TPSA) is 89.5 Å². The zero-order chi connectivity index (χ0) is 19.6. The second-order valence-electron chi connectivity index (χ2n) is 5.46. The van der Waals surface area contributed by atoms with Crippen molar-refractivity contribution in [3.05, 3.63) is 12.2 Å². The molecule has 0 aromatic carbocycles. The van der Waals surface area contributed by atoms with Crippen molar-refractivity contribution in [3.8, 4) is 0 Å². The highest BCUT2D eigenvalue weighted by molar-refractivity contribution is 6.36. The van der Waals surface area contributed by atoms with Crippen molar-refractivity contribution in [1.29, 1.82) is 0 Å². The third-order valence-corrected chi connectivity index (χ3v) is 7.66. The molecule has 8 nitrogen and oxygen atoms in total. The minimum absolute atomic E-state index is 0.0992. The van der Waals surface area contributed by atoms with Crippen LogP contribution in [0.4, 0.5) is 0 Å². The van der Waals surface area contributed by atoms with Gasteiger partial charge in [0, 0.05) is 40.6 Å². The van der Waals surface area contributed by atoms with Gasteiger partial charge in [-0.25, -0.2) is 9.59 Å². The molecular weight excluding hydrogens is 376 g/mol. The lowest BCUT2D eigenvalue weighted by Crippen LogP contribution is -2.21. The minimum atomic E-state index is -0.547. The molecule has 0 bridgehead atoms. The predicted octanol–water partition coefficient (Wildman–Crippen LogP) is -0.264. The lowest BCUT2D eigenvalue weighted by Gasteiger charge is -2.12. The summed E-state index contributed by atoms with van der Waals surface area (Å²) in [4.78, 5) is 23.0. The third kappa shape index (κ3) is 14.2. The van der Waals surface area contributed by atoms with E-state index in [9.17, 15) is 9.59 Å². The smallest absolute Gasteiger partial charge is 0.331 e. The summed E-state index contributed by atoms with van der Waals surface area (Å²) in [6, 6.07) is 1.89. The molecule has 0 aliphatic rings. The van der Waals surface area contributed by atoms with Crippen LogP contribution in [0.3, 0.4) is 0 Å². The zero-order valence-corrected chi connectivity index (χ0v) is 19.1. The lowest BCUT2D eigenvalue weighted by atomic mass is 10.4. The molecule has 0 heterocycles. The summed E-state index contributed by atoms with van der Waals surface area (Å²) in [5.41, 5.74) is 0. The van der Waals surface area contributed by atoms with Crippen LogP contribution in [-0.2, 0) is 38.0 Å². The minimum Gasteiger partial charge on any atom is -0.463 e. The number of hydrogen-bond donors (Lipinski definition) is 0. The number of esters is 2. The van der Waals surface area contributed by atoms with E-state index in [1.807, 2.05) is 0 Å². The Hall–Kier alpha value is -1.05. The van der Waals surface area contributed by atoms with Crippen molar-refractivity contribution in [3.63, 3.8) is 0 Å². The van der Waals surface area contributed by atoms with E-state index in [-0.39, 0.29) is 11.8 Å². The molecule has 0 spiro atoms. The Morgan fingerprint density at radius 3 is 1.38 bits per heavy atom. The summed E-state index contributed by atoms with van der Waals surface area (Å²) in [5.74, 6) is -1.29. The highest BCUT2D eigenvalue weighted by atomic mass is 28.2. The molecule has 0 atom stereocenters. The molecule has 0 N–H and O–H groups in total. The summed E-state index contributed by atoms with van der Waals surface area (Å²) < 4.78 is 30.5. The number of methoxy groups -OCH3 is 4. The normalized spacial score (nSPS) is 12.4. The van der Waals surface area contributed by atoms with Crippen LogP contribution in [0.25, 0.3) is 0 Å². The summed E-state index contributed by atoms with van der Waals surface area (Å²) >= 11 is 0. The fourth-order valence-electron chi connectivity index (χ4n) is 2.07. The van der Waals surface area contributed by atoms with E-state index >= 15 is 0 Å². The van der Waals surface area contributed by atoms with E-state index in [1.165, 1.54) is 0 Å². The van der Waals surface area contributed by atoms with E-state index in [4.69, 9.17) is 28.4 Å². The molecule has 0 fully saturated rings. The molecule has 0 aromatic heterocycles. The molecule has 26 heavy (non-hydrogen) atoms. The van der Waals surface area contributed by atoms with Gasteiger partial charge in [0.25, 0.3) is 0 Å². The number of ether oxygens (including phenoxy) is 6. The van der Waals surface area contributed by atoms with Gasteiger partial charge in [-0.2, -0.15) is 0 Å². The average Bonchev–Trinajstić information content (AvgIpc) is 2.66. The zero-order valence-electron chi connectivity index (χ0n) is 16.2. The van der Waals surface area contributed by atoms with Crippen LogP contribution in [0.5, 0.6) is 0 Å². The van der Waals surface area contributed by atoms with Gasteiger partial charge >= 0.3 is 11.9 Å². The average molecular weight is 409 g/mol. The molecule has 0 unspecified atom stereocenters. The summed E-state index contributed by atoms with van der Waals surface area (Å²) in [6.07, 6.45) is 3.70. The molecular formula is C16H32O8Si2. The van der Waals surface area contributed by atoms with Gasteiger partial charge in [0.1, 0.15) is 11.8 Å². The van der Waals surface area contributed by atoms with Crippen molar-refractivity contribution in [1.82, 2.24) is 0 Å². The maximum Gasteiger partial charge on any atom is 0.331 e. The van der Waals surface area contributed by atoms with Crippen molar-refractivity contribution in [2.24, 2.45) is 0 Å². The van der Waals surface area contributed by atoms with Gasteiger partial charge in [0.05, 0.1) is 32.3 Å². The monoisotopic (exact) mass is 408 g/mol. The van der Waals surface area contributed by atoms with Crippen LogP contribution in [0.15, 0.2) is 12.2 Å². The Labute approximate surface area is 160 Å². The first-order valence-electron chi connectivity index (χ1n) is 8.70. The first-order valence-corrected chi connectivity index (χ1v) is 12.3. The molecule has 0 aliphatic heterocycles. The summed E-state index contributed by atoms with van der Waals surface area (Å²) in [6.45, 7) is 0.631. The SMILES string of the molecule is COC(OC)[SiH2]CCCOC(=O)C=CC(=O)OCCC[SiH2]C(OC)OC. The number of hydrogen-bond acceptors (Lipinski definition) is 8. The van der Waals surface area contributed by atoms with Crippen LogP contribution in [0, 0.1) is 0 Å². The number of rotatable bonds is 16. The molecule has 0 saturated carbocycles. The maximum atomic E-state index is 11.5. The molecule has 0 aliphatic carbocycles. The lowest BCUT2D eigenvalue weighted by molar-refractivity contribution is -0.140. The van der Waals surface area contributed by atoms with Crippen molar-refractivity contribution in [2.75, 3.05) is 41.7 Å². The molecule has 152 valence electrons. The van der Waals surface area contributed by atoms with E-state index in [1.54, 1.807) is 28.4 Å². The largest absolute Gasteiger partial charge is 0.463 e. The number of carbonyl (C=O) groups excluding carboxylic acids is 2. The van der Waals surface area contributed by atoms with Crippen LogP contribution in [-0.4, -0.2) is 84.5 Å². The van der Waals surface area contributed by atoms with Gasteiger partial charge in [0.2, 0.25) is 0 Å². The van der Waals surface area contributed by atoms with Crippen LogP contribution >= 0.6 is 0 Å². The Balaban J connectivity index is 3.68. The maximum absolute atomic E-state index is 11.5. The first-order chi connectivity index (χ1) is 12.6. The molecule has 0 radical (unpaired) electrons. The quantitative estimate of drug-likeness (QED) is 0.113. The summed E-state index contributed by atoms with van der Waals surface area (Å²) in [7, 11) is 5.44. The third-order valence-electron chi connectivity index (χ3n) is 3.56. The molecule has 0 rings (SSSR count). The predicted molar refractivity (Wildman–Crippen MR) is 103 cm³/mol. The Morgan fingerprint density at radius 1 is 0.731 bits per heavy atom. The standard InChI is InChI=1S/C16H32O8Si2/c1-19-15(20-2)25-11-5-9-23-13(17)7-8-14(18)24-10-6-12-26-16(21-3)22-4/h7-8,15-16H,5-6,9-12,25-26H2,1-4H3. The highest BCUT2D eigenvalue weighted by Crippen LogP contribution is 1.99. The van der Waals surface area contributed by atoms with E-state index in [2.05, 4.69) is 0 Å². The van der Waals surface area contributed by atoms with Gasteiger partial charge in [-0.05, 0) is 12.8 Å². The van der Waals surface area contributed by atoms with Crippen LogP contribution in [0.2, 0.25) is 12.1 Å². The van der Waals surface area contributed by atoms with Gasteiger partial charge < -0.3 is 28.4 Å². The van der Waals surface area contributed by atoms with E-state index in [0.29, 0.717) is 13.2 Å². The molecule has 10 heteroatoms. The van der Waals surface area contributed by atoms with Gasteiger partial charge in [0.15, 0.2) is 0 Å². The fraction of sp³-hybridized carbons (Fsp3) is 0.750.